The molecular formula is C12H24HgO2. The van der Waals surface area contributed by atoms with Crippen molar-refractivity contribution in [3.8, 4) is 0 Å². The summed E-state index contributed by atoms with van der Waals surface area (Å²) in [6.07, 6.45) is 10.9. The molecule has 15 heavy (non-hydrogen) atoms. The van der Waals surface area contributed by atoms with Crippen LogP contribution in [-0.4, -0.2) is 5.97 Å². The Hall–Kier alpha value is 0.405. The van der Waals surface area contributed by atoms with Gasteiger partial charge in [0.1, 0.15) is 0 Å². The molecule has 86 valence electrons. The van der Waals surface area contributed by atoms with Gasteiger partial charge in [0.2, 0.25) is 0 Å². The summed E-state index contributed by atoms with van der Waals surface area (Å²) in [5, 5.41) is 0. The molecule has 0 aliphatic carbocycles. The van der Waals surface area contributed by atoms with E-state index in [4.69, 9.17) is 2.64 Å². The topological polar surface area (TPSA) is 26.3 Å². The molecule has 0 aromatic carbocycles. The second-order valence-electron chi connectivity index (χ2n) is 4.17. The van der Waals surface area contributed by atoms with Gasteiger partial charge in [-0.3, -0.25) is 0 Å². The fourth-order valence-corrected chi connectivity index (χ4v) is 5.48. The molecule has 0 heterocycles. The fourth-order valence-electron chi connectivity index (χ4n) is 1.63. The summed E-state index contributed by atoms with van der Waals surface area (Å²) in [5.74, 6) is -0.0590. The van der Waals surface area contributed by atoms with Crippen molar-refractivity contribution >= 4 is 5.97 Å². The van der Waals surface area contributed by atoms with Crippen LogP contribution >= 0.6 is 0 Å². The molecule has 0 radical (unpaired) electrons. The molecular weight excluding hydrogens is 377 g/mol. The average Bonchev–Trinajstić information content (AvgIpc) is 2.20. The minimum absolute atomic E-state index is 0.0590. The van der Waals surface area contributed by atoms with Gasteiger partial charge in [0.05, 0.1) is 0 Å². The van der Waals surface area contributed by atoms with E-state index in [1.807, 2.05) is 0 Å². The van der Waals surface area contributed by atoms with Crippen molar-refractivity contribution in [1.29, 1.82) is 0 Å². The molecule has 0 aromatic rings. The minimum atomic E-state index is -1.21. The van der Waals surface area contributed by atoms with Crippen LogP contribution < -0.4 is 0 Å². The van der Waals surface area contributed by atoms with Gasteiger partial charge in [0.25, 0.3) is 0 Å². The maximum atomic E-state index is 10.5. The van der Waals surface area contributed by atoms with Crippen LogP contribution in [0, 0.1) is 0 Å². The molecule has 0 saturated carbocycles. The van der Waals surface area contributed by atoms with Crippen molar-refractivity contribution < 1.29 is 32.5 Å². The van der Waals surface area contributed by atoms with Gasteiger partial charge in [-0.25, -0.2) is 0 Å². The Balaban J connectivity index is 2.89. The normalized spacial score (nSPS) is 9.73. The van der Waals surface area contributed by atoms with E-state index in [1.165, 1.54) is 62.2 Å². The van der Waals surface area contributed by atoms with Crippen molar-refractivity contribution in [3.63, 3.8) is 0 Å². The van der Waals surface area contributed by atoms with Crippen LogP contribution in [0.4, 0.5) is 0 Å². The summed E-state index contributed by atoms with van der Waals surface area (Å²) in [7, 11) is 0. The van der Waals surface area contributed by atoms with E-state index in [1.54, 1.807) is 0 Å². The average molecular weight is 401 g/mol. The van der Waals surface area contributed by atoms with Crippen LogP contribution in [0.15, 0.2) is 0 Å². The summed E-state index contributed by atoms with van der Waals surface area (Å²) >= 11 is -1.21. The van der Waals surface area contributed by atoms with Gasteiger partial charge in [-0.1, -0.05) is 0 Å². The Morgan fingerprint density at radius 3 is 2.07 bits per heavy atom. The van der Waals surface area contributed by atoms with Crippen LogP contribution in [0.3, 0.4) is 0 Å². The molecule has 0 N–H and O–H groups in total. The first-order chi connectivity index (χ1) is 7.27. The van der Waals surface area contributed by atoms with Crippen molar-refractivity contribution in [1.82, 2.24) is 0 Å². The Morgan fingerprint density at radius 1 is 1.00 bits per heavy atom. The summed E-state index contributed by atoms with van der Waals surface area (Å²) < 4.78 is 6.33. The first-order valence-corrected chi connectivity index (χ1v) is 12.5. The summed E-state index contributed by atoms with van der Waals surface area (Å²) in [6, 6.07) is 0. The van der Waals surface area contributed by atoms with E-state index in [2.05, 4.69) is 6.92 Å². The number of carbonyl (C=O) groups excluding carboxylic acids is 1. The Labute approximate surface area is 107 Å². The standard InChI is InChI=1S/C10H21.C2H4O2.Hg/c1-3-5-7-9-10-8-6-4-2;1-2(3)4;/h1,3-10H2,2H3;1H3,(H,3,4);/q;;+1/p-1. The number of carbonyl (C=O) groups is 1. The first kappa shape index (κ1) is 15.4. The predicted octanol–water partition coefficient (Wildman–Crippen LogP) is 4.11. The molecule has 0 unspecified atom stereocenters. The molecule has 0 spiro atoms. The van der Waals surface area contributed by atoms with Gasteiger partial charge >= 0.3 is 108 Å². The van der Waals surface area contributed by atoms with Gasteiger partial charge in [0, 0.05) is 0 Å². The van der Waals surface area contributed by atoms with Gasteiger partial charge in [0.15, 0.2) is 0 Å². The zero-order valence-corrected chi connectivity index (χ0v) is 15.9. The predicted molar refractivity (Wildman–Crippen MR) is 59.2 cm³/mol. The van der Waals surface area contributed by atoms with E-state index in [-0.39, 0.29) is 5.97 Å². The fraction of sp³-hybridized carbons (Fsp3) is 0.917. The van der Waals surface area contributed by atoms with Crippen LogP contribution in [0.5, 0.6) is 0 Å². The third kappa shape index (κ3) is 14.4. The van der Waals surface area contributed by atoms with Gasteiger partial charge < -0.3 is 0 Å². The van der Waals surface area contributed by atoms with Gasteiger partial charge in [-0.2, -0.15) is 0 Å². The van der Waals surface area contributed by atoms with Crippen molar-refractivity contribution in [3.05, 3.63) is 0 Å². The van der Waals surface area contributed by atoms with E-state index < -0.39 is 25.0 Å². The molecule has 0 atom stereocenters. The van der Waals surface area contributed by atoms with Crippen LogP contribution in [-0.2, 0) is 32.5 Å². The quantitative estimate of drug-likeness (QED) is 0.407. The van der Waals surface area contributed by atoms with Crippen molar-refractivity contribution in [2.45, 2.75) is 69.1 Å². The first-order valence-electron chi connectivity index (χ1n) is 6.40. The van der Waals surface area contributed by atoms with E-state index in [0.29, 0.717) is 0 Å². The number of rotatable bonds is 10. The molecule has 3 heteroatoms. The molecule has 0 saturated heterocycles. The molecule has 0 amide bonds. The van der Waals surface area contributed by atoms with Crippen LogP contribution in [0.25, 0.3) is 0 Å². The van der Waals surface area contributed by atoms with Crippen LogP contribution in [0.1, 0.15) is 65.2 Å². The third-order valence-electron chi connectivity index (χ3n) is 2.55. The number of hydrogen-bond donors (Lipinski definition) is 0. The summed E-state index contributed by atoms with van der Waals surface area (Å²) in [4.78, 5) is 10.5. The van der Waals surface area contributed by atoms with E-state index in [0.717, 1.165) is 0 Å². The van der Waals surface area contributed by atoms with Crippen molar-refractivity contribution in [2.24, 2.45) is 0 Å². The Morgan fingerprint density at radius 2 is 1.53 bits per heavy atom. The maximum absolute atomic E-state index is 10.5. The molecule has 0 rings (SSSR count). The molecule has 0 bridgehead atoms. The van der Waals surface area contributed by atoms with Gasteiger partial charge in [-0.05, 0) is 0 Å². The van der Waals surface area contributed by atoms with Crippen molar-refractivity contribution in [2.75, 3.05) is 0 Å². The van der Waals surface area contributed by atoms with Gasteiger partial charge in [-0.15, -0.1) is 0 Å². The molecule has 0 aromatic heterocycles. The molecule has 2 nitrogen and oxygen atoms in total. The third-order valence-corrected chi connectivity index (χ3v) is 7.99. The zero-order valence-electron chi connectivity index (χ0n) is 10.4. The Bertz CT molecular complexity index is 149. The zero-order chi connectivity index (χ0) is 11.4. The Kier molecular flexibility index (Phi) is 12.8. The number of hydrogen-bond acceptors (Lipinski definition) is 2. The second kappa shape index (κ2) is 12.5. The summed E-state index contributed by atoms with van der Waals surface area (Å²) in [6.45, 7) is 3.77. The molecule has 0 fully saturated rings. The SMILES string of the molecule is CCCCCCCCC[CH2][Hg][O]C(C)=O. The second-order valence-corrected chi connectivity index (χ2v) is 9.63. The van der Waals surface area contributed by atoms with E-state index >= 15 is 0 Å². The summed E-state index contributed by atoms with van der Waals surface area (Å²) in [5.41, 5.74) is 0. The molecule has 0 aliphatic rings. The number of unbranched alkanes of at least 4 members (excludes halogenated alkanes) is 7. The molecule has 0 aliphatic heterocycles. The van der Waals surface area contributed by atoms with E-state index in [9.17, 15) is 4.79 Å². The monoisotopic (exact) mass is 402 g/mol. The van der Waals surface area contributed by atoms with Crippen LogP contribution in [0.2, 0.25) is 3.93 Å².